The second kappa shape index (κ2) is 9.59. The number of sulfone groups is 1. The molecule has 0 amide bonds. The molecule has 1 N–H and O–H groups in total. The molecule has 0 fully saturated rings. The van der Waals surface area contributed by atoms with Crippen molar-refractivity contribution in [3.05, 3.63) is 34.3 Å². The molecular formula is C16H26BrNO2S. The van der Waals surface area contributed by atoms with Gasteiger partial charge < -0.3 is 5.32 Å². The molecule has 0 saturated heterocycles. The van der Waals surface area contributed by atoms with Gasteiger partial charge in [-0.3, -0.25) is 0 Å². The van der Waals surface area contributed by atoms with E-state index in [1.165, 1.54) is 5.56 Å². The molecule has 3 nitrogen and oxygen atoms in total. The molecule has 0 radical (unpaired) electrons. The number of benzene rings is 1. The predicted molar refractivity (Wildman–Crippen MR) is 93.4 cm³/mol. The van der Waals surface area contributed by atoms with Crippen molar-refractivity contribution in [2.24, 2.45) is 5.92 Å². The van der Waals surface area contributed by atoms with Crippen LogP contribution in [0.15, 0.2) is 28.7 Å². The average molecular weight is 376 g/mol. The molecule has 5 heteroatoms. The molecule has 0 saturated carbocycles. The number of rotatable bonds is 10. The van der Waals surface area contributed by atoms with Crippen LogP contribution in [0.3, 0.4) is 0 Å². The highest BCUT2D eigenvalue weighted by atomic mass is 79.9. The first-order valence-corrected chi connectivity index (χ1v) is 10.2. The Labute approximate surface area is 137 Å². The van der Waals surface area contributed by atoms with Crippen LogP contribution >= 0.6 is 15.9 Å². The molecule has 1 aromatic carbocycles. The normalized spacial score (nSPS) is 13.3. The Kier molecular flexibility index (Phi) is 8.52. The van der Waals surface area contributed by atoms with Crippen molar-refractivity contribution < 1.29 is 8.42 Å². The quantitative estimate of drug-likeness (QED) is 0.681. The van der Waals surface area contributed by atoms with Crippen molar-refractivity contribution in [1.29, 1.82) is 0 Å². The molecule has 0 aromatic heterocycles. The Morgan fingerprint density at radius 2 is 1.81 bits per heavy atom. The maximum Gasteiger partial charge on any atom is 0.150 e. The van der Waals surface area contributed by atoms with Gasteiger partial charge in [-0.25, -0.2) is 8.42 Å². The number of hydrogen-bond donors (Lipinski definition) is 1. The van der Waals surface area contributed by atoms with Crippen LogP contribution in [-0.4, -0.2) is 33.0 Å². The van der Waals surface area contributed by atoms with Crippen LogP contribution in [0.1, 0.15) is 32.3 Å². The zero-order valence-corrected chi connectivity index (χ0v) is 15.3. The van der Waals surface area contributed by atoms with Gasteiger partial charge in [-0.1, -0.05) is 41.9 Å². The summed E-state index contributed by atoms with van der Waals surface area (Å²) in [5, 5.41) is 3.34. The van der Waals surface area contributed by atoms with E-state index in [2.05, 4.69) is 40.3 Å². The molecule has 0 aliphatic heterocycles. The molecule has 0 bridgehead atoms. The van der Waals surface area contributed by atoms with Gasteiger partial charge in [0, 0.05) is 10.2 Å². The molecular weight excluding hydrogens is 350 g/mol. The van der Waals surface area contributed by atoms with Crippen molar-refractivity contribution in [1.82, 2.24) is 5.32 Å². The third-order valence-corrected chi connectivity index (χ3v) is 5.89. The van der Waals surface area contributed by atoms with Crippen molar-refractivity contribution in [3.63, 3.8) is 0 Å². The van der Waals surface area contributed by atoms with E-state index < -0.39 is 9.84 Å². The molecule has 0 aliphatic rings. The topological polar surface area (TPSA) is 46.2 Å². The standard InChI is InChI=1S/C16H26BrNO2S/c1-3-10-21(19,20)11-9-15(13-18-4-2)12-14-5-7-16(17)8-6-14/h5-8,15,18H,3-4,9-13H2,1-2H3. The minimum Gasteiger partial charge on any atom is -0.317 e. The summed E-state index contributed by atoms with van der Waals surface area (Å²) < 4.78 is 24.8. The average Bonchev–Trinajstić information content (AvgIpc) is 2.44. The first-order chi connectivity index (χ1) is 9.96. The molecule has 0 spiro atoms. The fourth-order valence-corrected chi connectivity index (χ4v) is 4.12. The Balaban J connectivity index is 2.60. The third kappa shape index (κ3) is 7.98. The van der Waals surface area contributed by atoms with E-state index in [0.29, 0.717) is 23.8 Å². The summed E-state index contributed by atoms with van der Waals surface area (Å²) in [7, 11) is -2.89. The maximum absolute atomic E-state index is 11.9. The largest absolute Gasteiger partial charge is 0.317 e. The number of nitrogens with one attached hydrogen (secondary N) is 1. The first-order valence-electron chi connectivity index (χ1n) is 7.62. The van der Waals surface area contributed by atoms with Crippen LogP contribution in [0.25, 0.3) is 0 Å². The second-order valence-corrected chi connectivity index (χ2v) is 8.66. The molecule has 1 unspecified atom stereocenters. The van der Waals surface area contributed by atoms with E-state index in [0.717, 1.165) is 30.4 Å². The summed E-state index contributed by atoms with van der Waals surface area (Å²) in [5.41, 5.74) is 1.26. The predicted octanol–water partition coefficient (Wildman–Crippen LogP) is 3.43. The lowest BCUT2D eigenvalue weighted by molar-refractivity contribution is 0.465. The van der Waals surface area contributed by atoms with Crippen LogP contribution < -0.4 is 5.32 Å². The summed E-state index contributed by atoms with van der Waals surface area (Å²) in [5.74, 6) is 0.963. The van der Waals surface area contributed by atoms with Gasteiger partial charge >= 0.3 is 0 Å². The zero-order chi connectivity index (χ0) is 15.7. The molecule has 1 aromatic rings. The summed E-state index contributed by atoms with van der Waals surface area (Å²) >= 11 is 3.44. The second-order valence-electron chi connectivity index (χ2n) is 5.44. The van der Waals surface area contributed by atoms with E-state index in [1.54, 1.807) is 0 Å². The molecule has 120 valence electrons. The van der Waals surface area contributed by atoms with E-state index >= 15 is 0 Å². The first kappa shape index (κ1) is 18.7. The van der Waals surface area contributed by atoms with Crippen LogP contribution in [0.4, 0.5) is 0 Å². The smallest absolute Gasteiger partial charge is 0.150 e. The van der Waals surface area contributed by atoms with E-state index in [-0.39, 0.29) is 0 Å². The van der Waals surface area contributed by atoms with Crippen molar-refractivity contribution in [2.75, 3.05) is 24.6 Å². The number of halogens is 1. The SMILES string of the molecule is CCCS(=O)(=O)CCC(CNCC)Cc1ccc(Br)cc1. The fourth-order valence-electron chi connectivity index (χ4n) is 2.34. The van der Waals surface area contributed by atoms with Gasteiger partial charge in [0.1, 0.15) is 9.84 Å². The Bertz CT molecular complexity index is 500. The fraction of sp³-hybridized carbons (Fsp3) is 0.625. The lowest BCUT2D eigenvalue weighted by atomic mass is 9.97. The van der Waals surface area contributed by atoms with Crippen LogP contribution in [0, 0.1) is 5.92 Å². The summed E-state index contributed by atoms with van der Waals surface area (Å²) in [6.07, 6.45) is 2.35. The Morgan fingerprint density at radius 1 is 1.14 bits per heavy atom. The zero-order valence-electron chi connectivity index (χ0n) is 12.9. The Hall–Kier alpha value is -0.390. The van der Waals surface area contributed by atoms with Gasteiger partial charge in [-0.2, -0.15) is 0 Å². The lowest BCUT2D eigenvalue weighted by Crippen LogP contribution is -2.26. The lowest BCUT2D eigenvalue weighted by Gasteiger charge is -2.17. The molecule has 1 rings (SSSR count). The highest BCUT2D eigenvalue weighted by Crippen LogP contribution is 2.16. The van der Waals surface area contributed by atoms with Crippen LogP contribution in [0.5, 0.6) is 0 Å². The molecule has 1 atom stereocenters. The summed E-state index contributed by atoms with van der Waals surface area (Å²) in [6.45, 7) is 5.77. The molecule has 21 heavy (non-hydrogen) atoms. The summed E-state index contributed by atoms with van der Waals surface area (Å²) in [4.78, 5) is 0. The van der Waals surface area contributed by atoms with Gasteiger partial charge in [0.2, 0.25) is 0 Å². The highest BCUT2D eigenvalue weighted by Gasteiger charge is 2.15. The monoisotopic (exact) mass is 375 g/mol. The van der Waals surface area contributed by atoms with Crippen molar-refractivity contribution in [2.45, 2.75) is 33.1 Å². The van der Waals surface area contributed by atoms with Crippen molar-refractivity contribution >= 4 is 25.8 Å². The highest BCUT2D eigenvalue weighted by molar-refractivity contribution is 9.10. The maximum atomic E-state index is 11.9. The van der Waals surface area contributed by atoms with Gasteiger partial charge in [0.15, 0.2) is 0 Å². The molecule has 0 heterocycles. The van der Waals surface area contributed by atoms with Gasteiger partial charge in [-0.05, 0) is 56.0 Å². The van der Waals surface area contributed by atoms with Crippen LogP contribution in [-0.2, 0) is 16.3 Å². The van der Waals surface area contributed by atoms with E-state index in [4.69, 9.17) is 0 Å². The Morgan fingerprint density at radius 3 is 2.38 bits per heavy atom. The van der Waals surface area contributed by atoms with Gasteiger partial charge in [0.05, 0.1) is 5.75 Å². The minimum absolute atomic E-state index is 0.299. The van der Waals surface area contributed by atoms with Crippen molar-refractivity contribution in [3.8, 4) is 0 Å². The minimum atomic E-state index is -2.89. The van der Waals surface area contributed by atoms with Gasteiger partial charge in [0.25, 0.3) is 0 Å². The summed E-state index contributed by atoms with van der Waals surface area (Å²) in [6, 6.07) is 8.27. The van der Waals surface area contributed by atoms with E-state index in [9.17, 15) is 8.42 Å². The van der Waals surface area contributed by atoms with Crippen LogP contribution in [0.2, 0.25) is 0 Å². The van der Waals surface area contributed by atoms with E-state index in [1.807, 2.05) is 19.1 Å². The molecule has 0 aliphatic carbocycles. The number of hydrogen-bond acceptors (Lipinski definition) is 3. The third-order valence-electron chi connectivity index (χ3n) is 3.47. The van der Waals surface area contributed by atoms with Gasteiger partial charge in [-0.15, -0.1) is 0 Å².